The molecule has 3 rings (SSSR count). The molecule has 0 fully saturated rings. The molecule has 0 bridgehead atoms. The Morgan fingerprint density at radius 2 is 2.06 bits per heavy atom. The number of aromatic nitrogens is 1. The van der Waals surface area contributed by atoms with Gasteiger partial charge >= 0.3 is 0 Å². The first-order valence-corrected chi connectivity index (χ1v) is 5.94. The van der Waals surface area contributed by atoms with Crippen LogP contribution in [0, 0.1) is 0 Å². The Labute approximate surface area is 103 Å². The summed E-state index contributed by atoms with van der Waals surface area (Å²) in [6, 6.07) is 5.57. The summed E-state index contributed by atoms with van der Waals surface area (Å²) in [6.45, 7) is 0.838. The fourth-order valence-electron chi connectivity index (χ4n) is 2.28. The molecule has 0 spiro atoms. The number of aryl methyl sites for hydroxylation is 1. The summed E-state index contributed by atoms with van der Waals surface area (Å²) >= 11 is 12.2. The number of benzene rings is 1. The van der Waals surface area contributed by atoms with E-state index in [0.29, 0.717) is 16.5 Å². The van der Waals surface area contributed by atoms with Gasteiger partial charge in [0.2, 0.25) is 0 Å². The number of fused-ring (bicyclic) bond motifs is 3. The quantitative estimate of drug-likeness (QED) is 0.698. The normalized spacial score (nSPS) is 15.5. The zero-order valence-electron chi connectivity index (χ0n) is 8.46. The van der Waals surface area contributed by atoms with Crippen LogP contribution >= 0.6 is 23.2 Å². The molecule has 82 valence electrons. The van der Waals surface area contributed by atoms with E-state index in [1.165, 1.54) is 0 Å². The van der Waals surface area contributed by atoms with Crippen LogP contribution in [0.4, 0.5) is 0 Å². The van der Waals surface area contributed by atoms with Crippen molar-refractivity contribution >= 4 is 39.9 Å². The lowest BCUT2D eigenvalue weighted by Gasteiger charge is -2.15. The van der Waals surface area contributed by atoms with Gasteiger partial charge in [0.1, 0.15) is 0 Å². The number of carbonyl (C=O) groups is 1. The van der Waals surface area contributed by atoms with Crippen molar-refractivity contribution in [2.75, 3.05) is 0 Å². The van der Waals surface area contributed by atoms with Crippen molar-refractivity contribution in [2.24, 2.45) is 0 Å². The average molecular weight is 254 g/mol. The lowest BCUT2D eigenvalue weighted by atomic mass is 10.1. The molecule has 0 amide bonds. The smallest absolute Gasteiger partial charge is 0.179 e. The predicted octanol–water partition coefficient (Wildman–Crippen LogP) is 3.92. The number of rotatable bonds is 0. The molecule has 0 aliphatic carbocycles. The van der Waals surface area contributed by atoms with Gasteiger partial charge in [0.25, 0.3) is 0 Å². The highest BCUT2D eigenvalue weighted by atomic mass is 35.5. The topological polar surface area (TPSA) is 22.0 Å². The Balaban J connectivity index is 2.42. The number of ketones is 1. The van der Waals surface area contributed by atoms with Crippen molar-refractivity contribution in [1.82, 2.24) is 4.57 Å². The maximum atomic E-state index is 11.8. The van der Waals surface area contributed by atoms with Crippen molar-refractivity contribution in [3.8, 4) is 0 Å². The molecule has 2 aromatic rings. The Hall–Kier alpha value is -0.990. The standard InChI is InChI=1S/C12H9Cl2NO/c13-8-4-3-7-6-9-10(16)2-1-5-15(9)12(7)11(8)14/h3-4,6H,1-2,5H2. The van der Waals surface area contributed by atoms with E-state index in [1.807, 2.05) is 16.7 Å². The van der Waals surface area contributed by atoms with Crippen LogP contribution in [0.5, 0.6) is 0 Å². The number of nitrogens with zero attached hydrogens (tertiary/aromatic N) is 1. The molecule has 0 unspecified atom stereocenters. The first-order valence-electron chi connectivity index (χ1n) is 5.19. The lowest BCUT2D eigenvalue weighted by molar-refractivity contribution is 0.0956. The second kappa shape index (κ2) is 3.51. The van der Waals surface area contributed by atoms with Crippen LogP contribution < -0.4 is 0 Å². The van der Waals surface area contributed by atoms with E-state index < -0.39 is 0 Å². The van der Waals surface area contributed by atoms with Crippen LogP contribution in [0.3, 0.4) is 0 Å². The van der Waals surface area contributed by atoms with Gasteiger partial charge in [0.05, 0.1) is 21.3 Å². The minimum atomic E-state index is 0.189. The zero-order valence-corrected chi connectivity index (χ0v) is 9.98. The highest BCUT2D eigenvalue weighted by molar-refractivity contribution is 6.45. The van der Waals surface area contributed by atoms with E-state index in [1.54, 1.807) is 6.07 Å². The molecule has 2 nitrogen and oxygen atoms in total. The first kappa shape index (κ1) is 10.2. The second-order valence-electron chi connectivity index (χ2n) is 4.01. The van der Waals surface area contributed by atoms with Crippen LogP contribution in [-0.4, -0.2) is 10.4 Å². The van der Waals surface area contributed by atoms with Gasteiger partial charge in [-0.05, 0) is 18.6 Å². The Morgan fingerprint density at radius 1 is 1.25 bits per heavy atom. The highest BCUT2D eigenvalue weighted by Crippen LogP contribution is 2.34. The molecule has 1 aromatic heterocycles. The fraction of sp³-hybridized carbons (Fsp3) is 0.250. The Morgan fingerprint density at radius 3 is 2.88 bits per heavy atom. The molecule has 0 radical (unpaired) electrons. The summed E-state index contributed by atoms with van der Waals surface area (Å²) in [5.74, 6) is 0.189. The Bertz CT molecular complexity index is 601. The average Bonchev–Trinajstić information content (AvgIpc) is 2.64. The molecule has 1 aliphatic heterocycles. The molecule has 0 N–H and O–H groups in total. The molecular formula is C12H9Cl2NO. The van der Waals surface area contributed by atoms with E-state index in [9.17, 15) is 4.79 Å². The summed E-state index contributed by atoms with van der Waals surface area (Å²) in [6.07, 6.45) is 1.50. The van der Waals surface area contributed by atoms with Crippen molar-refractivity contribution in [2.45, 2.75) is 19.4 Å². The molecular weight excluding hydrogens is 245 g/mol. The van der Waals surface area contributed by atoms with Crippen LogP contribution in [0.15, 0.2) is 18.2 Å². The van der Waals surface area contributed by atoms with Crippen LogP contribution in [0.2, 0.25) is 10.0 Å². The van der Waals surface area contributed by atoms with Gasteiger partial charge < -0.3 is 4.57 Å². The van der Waals surface area contributed by atoms with Gasteiger partial charge in [-0.2, -0.15) is 0 Å². The third-order valence-corrected chi connectivity index (χ3v) is 3.82. The summed E-state index contributed by atoms with van der Waals surface area (Å²) in [5.41, 5.74) is 1.64. The minimum Gasteiger partial charge on any atom is -0.337 e. The van der Waals surface area contributed by atoms with Gasteiger partial charge in [-0.3, -0.25) is 4.79 Å². The van der Waals surface area contributed by atoms with Gasteiger partial charge in [-0.15, -0.1) is 0 Å². The van der Waals surface area contributed by atoms with Crippen molar-refractivity contribution in [3.05, 3.63) is 33.9 Å². The lowest BCUT2D eigenvalue weighted by Crippen LogP contribution is -2.15. The highest BCUT2D eigenvalue weighted by Gasteiger charge is 2.21. The third kappa shape index (κ3) is 1.30. The van der Waals surface area contributed by atoms with Crippen molar-refractivity contribution < 1.29 is 4.79 Å². The van der Waals surface area contributed by atoms with E-state index in [4.69, 9.17) is 23.2 Å². The monoisotopic (exact) mass is 253 g/mol. The minimum absolute atomic E-state index is 0.189. The zero-order chi connectivity index (χ0) is 11.3. The molecule has 4 heteroatoms. The van der Waals surface area contributed by atoms with Crippen LogP contribution in [-0.2, 0) is 6.54 Å². The summed E-state index contributed by atoms with van der Waals surface area (Å²) in [5, 5.41) is 2.06. The van der Waals surface area contributed by atoms with Gasteiger partial charge in [0.15, 0.2) is 5.78 Å². The number of Topliss-reactive ketones (excluding diaryl/α,β-unsaturated/α-hetero) is 1. The molecule has 0 atom stereocenters. The molecule has 1 aromatic carbocycles. The SMILES string of the molecule is O=C1CCCn2c1cc1ccc(Cl)c(Cl)c12. The Kier molecular flexibility index (Phi) is 2.23. The summed E-state index contributed by atoms with van der Waals surface area (Å²) in [7, 11) is 0. The van der Waals surface area contributed by atoms with E-state index in [0.717, 1.165) is 29.6 Å². The van der Waals surface area contributed by atoms with Crippen LogP contribution in [0.1, 0.15) is 23.3 Å². The molecule has 1 aliphatic rings. The largest absolute Gasteiger partial charge is 0.337 e. The van der Waals surface area contributed by atoms with Gasteiger partial charge in [0, 0.05) is 18.4 Å². The molecule has 0 saturated heterocycles. The number of hydrogen-bond donors (Lipinski definition) is 0. The number of carbonyl (C=O) groups excluding carboxylic acids is 1. The van der Waals surface area contributed by atoms with E-state index in [2.05, 4.69) is 0 Å². The summed E-state index contributed by atoms with van der Waals surface area (Å²) in [4.78, 5) is 11.8. The first-order chi connectivity index (χ1) is 7.68. The number of hydrogen-bond acceptors (Lipinski definition) is 1. The number of halogens is 2. The molecule has 16 heavy (non-hydrogen) atoms. The van der Waals surface area contributed by atoms with E-state index in [-0.39, 0.29) is 5.78 Å². The molecule has 2 heterocycles. The summed E-state index contributed by atoms with van der Waals surface area (Å²) < 4.78 is 1.98. The second-order valence-corrected chi connectivity index (χ2v) is 4.79. The van der Waals surface area contributed by atoms with Crippen molar-refractivity contribution in [1.29, 1.82) is 0 Å². The van der Waals surface area contributed by atoms with Gasteiger partial charge in [-0.1, -0.05) is 29.3 Å². The maximum Gasteiger partial charge on any atom is 0.179 e. The third-order valence-electron chi connectivity index (χ3n) is 3.02. The fourth-order valence-corrected chi connectivity index (χ4v) is 2.71. The maximum absolute atomic E-state index is 11.8. The molecule has 0 saturated carbocycles. The van der Waals surface area contributed by atoms with E-state index >= 15 is 0 Å². The van der Waals surface area contributed by atoms with Crippen molar-refractivity contribution in [3.63, 3.8) is 0 Å². The van der Waals surface area contributed by atoms with Gasteiger partial charge in [-0.25, -0.2) is 0 Å². The van der Waals surface area contributed by atoms with Crippen LogP contribution in [0.25, 0.3) is 10.9 Å². The predicted molar refractivity (Wildman–Crippen MR) is 65.5 cm³/mol.